The number of nitriles is 1. The first kappa shape index (κ1) is 15.8. The molecule has 0 saturated heterocycles. The summed E-state index contributed by atoms with van der Waals surface area (Å²) in [6.07, 6.45) is 2.14. The van der Waals surface area contributed by atoms with Crippen LogP contribution in [0.1, 0.15) is 30.7 Å². The lowest BCUT2D eigenvalue weighted by molar-refractivity contribution is -0.117. The van der Waals surface area contributed by atoms with E-state index in [1.807, 2.05) is 6.07 Å². The highest BCUT2D eigenvalue weighted by atomic mass is 32.2. The Morgan fingerprint density at radius 1 is 1.43 bits per heavy atom. The molecule has 0 aromatic heterocycles. The van der Waals surface area contributed by atoms with E-state index < -0.39 is 0 Å². The standard InChI is InChI=1S/C15H16N2O2S2/c1-2-3-8-20-15-12(9-16)13(19)17-14(21-15)10-4-6-11(18)7-5-10/h4-7,14,18H,2-3,8H2,1H3,(H,17,19). The van der Waals surface area contributed by atoms with E-state index in [-0.39, 0.29) is 22.6 Å². The van der Waals surface area contributed by atoms with Crippen molar-refractivity contribution in [2.75, 3.05) is 5.75 Å². The van der Waals surface area contributed by atoms with E-state index in [4.69, 9.17) is 5.26 Å². The van der Waals surface area contributed by atoms with Crippen LogP contribution in [0.15, 0.2) is 34.1 Å². The Labute approximate surface area is 132 Å². The van der Waals surface area contributed by atoms with Crippen LogP contribution >= 0.6 is 23.5 Å². The molecule has 1 aromatic rings. The first-order valence-electron chi connectivity index (χ1n) is 6.69. The van der Waals surface area contributed by atoms with Gasteiger partial charge in [0.05, 0.1) is 4.24 Å². The van der Waals surface area contributed by atoms with Crippen molar-refractivity contribution in [2.45, 2.75) is 25.1 Å². The van der Waals surface area contributed by atoms with Gasteiger partial charge in [-0.1, -0.05) is 37.2 Å². The predicted molar refractivity (Wildman–Crippen MR) is 86.6 cm³/mol. The maximum absolute atomic E-state index is 12.1. The number of phenolic OH excluding ortho intramolecular Hbond substituents is 1. The summed E-state index contributed by atoms with van der Waals surface area (Å²) in [5.41, 5.74) is 1.10. The number of nitrogens with one attached hydrogen (secondary N) is 1. The third kappa shape index (κ3) is 3.96. The molecule has 6 heteroatoms. The van der Waals surface area contributed by atoms with E-state index in [0.29, 0.717) is 0 Å². The predicted octanol–water partition coefficient (Wildman–Crippen LogP) is 3.52. The molecule has 2 rings (SSSR count). The number of amides is 1. The highest BCUT2D eigenvalue weighted by molar-refractivity contribution is 8.22. The van der Waals surface area contributed by atoms with Crippen LogP contribution in [0, 0.1) is 11.3 Å². The number of hydrogen-bond donors (Lipinski definition) is 2. The third-order valence-electron chi connectivity index (χ3n) is 2.96. The van der Waals surface area contributed by atoms with Gasteiger partial charge in [-0.25, -0.2) is 0 Å². The summed E-state index contributed by atoms with van der Waals surface area (Å²) in [5.74, 6) is 0.768. The second kappa shape index (κ2) is 7.43. The Balaban J connectivity index is 2.19. The van der Waals surface area contributed by atoms with E-state index in [0.717, 1.165) is 28.4 Å². The molecule has 110 valence electrons. The van der Waals surface area contributed by atoms with Crippen LogP contribution in [0.4, 0.5) is 0 Å². The zero-order valence-corrected chi connectivity index (χ0v) is 13.3. The Morgan fingerprint density at radius 3 is 2.76 bits per heavy atom. The molecule has 1 aliphatic rings. The van der Waals surface area contributed by atoms with E-state index in [1.165, 1.54) is 11.8 Å². The molecule has 0 aliphatic carbocycles. The van der Waals surface area contributed by atoms with Crippen molar-refractivity contribution in [3.63, 3.8) is 0 Å². The molecule has 0 bridgehead atoms. The van der Waals surface area contributed by atoms with Crippen molar-refractivity contribution in [3.05, 3.63) is 39.6 Å². The van der Waals surface area contributed by atoms with Gasteiger partial charge in [-0.3, -0.25) is 4.79 Å². The Hall–Kier alpha value is -1.58. The molecule has 1 heterocycles. The summed E-state index contributed by atoms with van der Waals surface area (Å²) in [6.45, 7) is 2.11. The minimum absolute atomic E-state index is 0.191. The quantitative estimate of drug-likeness (QED) is 0.812. The monoisotopic (exact) mass is 320 g/mol. The van der Waals surface area contributed by atoms with Crippen LogP contribution < -0.4 is 5.32 Å². The molecule has 1 unspecified atom stereocenters. The molecular weight excluding hydrogens is 304 g/mol. The van der Waals surface area contributed by atoms with Gasteiger partial charge < -0.3 is 10.4 Å². The summed E-state index contributed by atoms with van der Waals surface area (Å²) >= 11 is 3.05. The molecule has 1 aromatic carbocycles. The fourth-order valence-electron chi connectivity index (χ4n) is 1.79. The molecule has 1 aliphatic heterocycles. The normalized spacial score (nSPS) is 18.3. The average Bonchev–Trinajstić information content (AvgIpc) is 2.48. The van der Waals surface area contributed by atoms with Crippen LogP contribution in [0.25, 0.3) is 0 Å². The number of hydrogen-bond acceptors (Lipinski definition) is 5. The summed E-state index contributed by atoms with van der Waals surface area (Å²) in [6, 6.07) is 8.74. The number of carbonyl (C=O) groups excluding carboxylic acids is 1. The molecule has 0 fully saturated rings. The Bertz CT molecular complexity index is 591. The van der Waals surface area contributed by atoms with Crippen LogP contribution in [0.3, 0.4) is 0 Å². The van der Waals surface area contributed by atoms with Gasteiger partial charge in [0.15, 0.2) is 0 Å². The van der Waals surface area contributed by atoms with E-state index in [1.54, 1.807) is 36.0 Å². The molecule has 0 spiro atoms. The second-order valence-corrected chi connectivity index (χ2v) is 7.02. The highest BCUT2D eigenvalue weighted by Crippen LogP contribution is 2.43. The summed E-state index contributed by atoms with van der Waals surface area (Å²) in [5, 5.41) is 21.1. The van der Waals surface area contributed by atoms with Gasteiger partial charge in [-0.15, -0.1) is 11.8 Å². The van der Waals surface area contributed by atoms with Crippen LogP contribution in [0.5, 0.6) is 5.75 Å². The number of benzene rings is 1. The smallest absolute Gasteiger partial charge is 0.264 e. The fraction of sp³-hybridized carbons (Fsp3) is 0.333. The molecule has 21 heavy (non-hydrogen) atoms. The van der Waals surface area contributed by atoms with Crippen LogP contribution in [0.2, 0.25) is 0 Å². The zero-order chi connectivity index (χ0) is 15.2. The van der Waals surface area contributed by atoms with E-state index in [2.05, 4.69) is 12.2 Å². The van der Waals surface area contributed by atoms with Gasteiger partial charge in [-0.05, 0) is 29.9 Å². The summed E-state index contributed by atoms with van der Waals surface area (Å²) in [7, 11) is 0. The Morgan fingerprint density at radius 2 is 2.14 bits per heavy atom. The molecule has 1 amide bonds. The minimum atomic E-state index is -0.326. The number of phenols is 1. The Kier molecular flexibility index (Phi) is 5.59. The van der Waals surface area contributed by atoms with Gasteiger partial charge >= 0.3 is 0 Å². The van der Waals surface area contributed by atoms with Crippen molar-refractivity contribution in [3.8, 4) is 11.8 Å². The topological polar surface area (TPSA) is 73.1 Å². The number of unbranched alkanes of at least 4 members (excludes halogenated alkanes) is 1. The molecule has 0 radical (unpaired) electrons. The van der Waals surface area contributed by atoms with Gasteiger partial charge in [0, 0.05) is 0 Å². The maximum Gasteiger partial charge on any atom is 0.264 e. The van der Waals surface area contributed by atoms with E-state index in [9.17, 15) is 9.90 Å². The lowest BCUT2D eigenvalue weighted by Crippen LogP contribution is -2.31. The summed E-state index contributed by atoms with van der Waals surface area (Å²) in [4.78, 5) is 12.1. The van der Waals surface area contributed by atoms with Crippen LogP contribution in [-0.2, 0) is 4.79 Å². The third-order valence-corrected chi connectivity index (χ3v) is 5.60. The van der Waals surface area contributed by atoms with Gasteiger partial charge in [-0.2, -0.15) is 5.26 Å². The largest absolute Gasteiger partial charge is 0.508 e. The SMILES string of the molecule is CCCCSC1=C(C#N)C(=O)NC(c2ccc(O)cc2)S1. The van der Waals surface area contributed by atoms with Crippen LogP contribution in [-0.4, -0.2) is 16.8 Å². The van der Waals surface area contributed by atoms with Crippen molar-refractivity contribution in [1.29, 1.82) is 5.26 Å². The first-order valence-corrected chi connectivity index (χ1v) is 8.56. The molecule has 4 nitrogen and oxygen atoms in total. The lowest BCUT2D eigenvalue weighted by atomic mass is 10.2. The minimum Gasteiger partial charge on any atom is -0.508 e. The second-order valence-electron chi connectivity index (χ2n) is 4.54. The maximum atomic E-state index is 12.1. The van der Waals surface area contributed by atoms with Gasteiger partial charge in [0.25, 0.3) is 5.91 Å². The molecule has 1 atom stereocenters. The zero-order valence-electron chi connectivity index (χ0n) is 11.6. The number of carbonyl (C=O) groups is 1. The fourth-order valence-corrected chi connectivity index (χ4v) is 4.43. The lowest BCUT2D eigenvalue weighted by Gasteiger charge is -2.25. The molecular formula is C15H16N2O2S2. The summed E-state index contributed by atoms with van der Waals surface area (Å²) < 4.78 is 0.785. The van der Waals surface area contributed by atoms with Crippen molar-refractivity contribution < 1.29 is 9.90 Å². The van der Waals surface area contributed by atoms with E-state index >= 15 is 0 Å². The van der Waals surface area contributed by atoms with Crippen molar-refractivity contribution in [1.82, 2.24) is 5.32 Å². The number of aromatic hydroxyl groups is 1. The van der Waals surface area contributed by atoms with Gasteiger partial charge in [0.1, 0.15) is 22.8 Å². The average molecular weight is 320 g/mol. The molecule has 0 saturated carbocycles. The van der Waals surface area contributed by atoms with Crippen molar-refractivity contribution >= 4 is 29.4 Å². The first-order chi connectivity index (χ1) is 10.2. The van der Waals surface area contributed by atoms with Gasteiger partial charge in [0.2, 0.25) is 0 Å². The highest BCUT2D eigenvalue weighted by Gasteiger charge is 2.28. The van der Waals surface area contributed by atoms with Crippen molar-refractivity contribution in [2.24, 2.45) is 0 Å². The number of nitrogens with zero attached hydrogens (tertiary/aromatic N) is 1. The molecule has 2 N–H and O–H groups in total. The number of rotatable bonds is 5. The number of thioether (sulfide) groups is 2.